The number of rotatable bonds is 10. The maximum Gasteiger partial charge on any atom is 0.303 e. The predicted octanol–water partition coefficient (Wildman–Crippen LogP) is 4.07. The van der Waals surface area contributed by atoms with Crippen molar-refractivity contribution in [2.45, 2.75) is 52.0 Å². The summed E-state index contributed by atoms with van der Waals surface area (Å²) in [6, 6.07) is 14.4. The number of hydrogen-bond donors (Lipinski definition) is 3. The summed E-state index contributed by atoms with van der Waals surface area (Å²) >= 11 is 0. The number of aliphatic carboxylic acids is 1. The van der Waals surface area contributed by atoms with Crippen LogP contribution in [0.1, 0.15) is 44.9 Å². The first-order valence-electron chi connectivity index (χ1n) is 10.8. The second kappa shape index (κ2) is 9.61. The molecule has 0 fully saturated rings. The zero-order valence-corrected chi connectivity index (χ0v) is 17.7. The summed E-state index contributed by atoms with van der Waals surface area (Å²) < 4.78 is 2.20. The van der Waals surface area contributed by atoms with Gasteiger partial charge < -0.3 is 9.67 Å². The highest BCUT2D eigenvalue weighted by Crippen LogP contribution is 2.32. The highest BCUT2D eigenvalue weighted by atomic mass is 16.4. The minimum absolute atomic E-state index is 0.0843. The SMILES string of the molecule is CCCCCCn1c(CCC(=O)O)nc2cc(-c3ccccc3N3C=NNN3)ccc21. The van der Waals surface area contributed by atoms with Crippen LogP contribution in [0.5, 0.6) is 0 Å². The molecule has 162 valence electrons. The Hall–Kier alpha value is -3.39. The highest BCUT2D eigenvalue weighted by molar-refractivity contribution is 5.91. The zero-order chi connectivity index (χ0) is 21.6. The van der Waals surface area contributed by atoms with Crippen molar-refractivity contribution in [3.05, 3.63) is 48.3 Å². The van der Waals surface area contributed by atoms with Gasteiger partial charge in [-0.3, -0.25) is 4.79 Å². The number of carboxylic acids is 1. The Labute approximate surface area is 181 Å². The van der Waals surface area contributed by atoms with Crippen LogP contribution in [-0.4, -0.2) is 27.0 Å². The van der Waals surface area contributed by atoms with Crippen LogP contribution < -0.4 is 16.1 Å². The van der Waals surface area contributed by atoms with Gasteiger partial charge in [0.2, 0.25) is 0 Å². The standard InChI is InChI=1S/C23H28N6O2/c1-2-3-4-7-14-28-21-11-10-17(15-19(21)25-22(28)12-13-23(30)31)18-8-5-6-9-20(18)29-16-24-26-27-29/h5-6,8-11,15-16,26-27H,2-4,7,12-14H2,1H3,(H,30,31). The van der Waals surface area contributed by atoms with Gasteiger partial charge in [0.1, 0.15) is 12.2 Å². The zero-order valence-electron chi connectivity index (χ0n) is 17.7. The first kappa shape index (κ1) is 20.9. The Morgan fingerprint density at radius 2 is 2.00 bits per heavy atom. The number of hydrazine groups is 2. The number of imidazole rings is 1. The van der Waals surface area contributed by atoms with E-state index in [1.807, 2.05) is 23.2 Å². The molecule has 2 aromatic carbocycles. The summed E-state index contributed by atoms with van der Waals surface area (Å²) in [5.74, 6) is 0.0458. The van der Waals surface area contributed by atoms with Crippen LogP contribution in [0.15, 0.2) is 47.6 Å². The quantitative estimate of drug-likeness (QED) is 0.428. The van der Waals surface area contributed by atoms with Gasteiger partial charge in [-0.25, -0.2) is 15.5 Å². The predicted molar refractivity (Wildman–Crippen MR) is 123 cm³/mol. The van der Waals surface area contributed by atoms with Crippen LogP contribution >= 0.6 is 0 Å². The van der Waals surface area contributed by atoms with Crippen LogP contribution in [0, 0.1) is 0 Å². The van der Waals surface area contributed by atoms with Gasteiger partial charge in [-0.2, -0.15) is 5.10 Å². The fourth-order valence-corrected chi connectivity index (χ4v) is 3.95. The number of aryl methyl sites for hydroxylation is 2. The molecule has 0 spiro atoms. The third kappa shape index (κ3) is 4.69. The third-order valence-electron chi connectivity index (χ3n) is 5.51. The number of unbranched alkanes of at least 4 members (excludes halogenated alkanes) is 3. The molecule has 0 radical (unpaired) electrons. The van der Waals surface area contributed by atoms with E-state index in [4.69, 9.17) is 10.1 Å². The molecular weight excluding hydrogens is 392 g/mol. The lowest BCUT2D eigenvalue weighted by Crippen LogP contribution is -2.37. The molecular formula is C23H28N6O2. The molecule has 2 heterocycles. The molecule has 4 rings (SSSR count). The molecule has 0 saturated carbocycles. The fourth-order valence-electron chi connectivity index (χ4n) is 3.95. The summed E-state index contributed by atoms with van der Waals surface area (Å²) in [5.41, 5.74) is 10.7. The lowest BCUT2D eigenvalue weighted by molar-refractivity contribution is -0.137. The molecule has 1 aliphatic rings. The number of anilines is 1. The normalized spacial score (nSPS) is 13.1. The maximum atomic E-state index is 11.1. The number of aromatic nitrogens is 2. The van der Waals surface area contributed by atoms with Crippen molar-refractivity contribution in [1.82, 2.24) is 20.6 Å². The van der Waals surface area contributed by atoms with Crippen molar-refractivity contribution in [2.75, 3.05) is 5.01 Å². The highest BCUT2D eigenvalue weighted by Gasteiger charge is 2.16. The van der Waals surface area contributed by atoms with Gasteiger partial charge in [-0.15, -0.1) is 5.53 Å². The molecule has 3 N–H and O–H groups in total. The number of hydrogen-bond acceptors (Lipinski definition) is 6. The third-order valence-corrected chi connectivity index (χ3v) is 5.51. The smallest absolute Gasteiger partial charge is 0.303 e. The van der Waals surface area contributed by atoms with Crippen LogP contribution in [-0.2, 0) is 17.8 Å². The maximum absolute atomic E-state index is 11.1. The largest absolute Gasteiger partial charge is 0.481 e. The molecule has 31 heavy (non-hydrogen) atoms. The Morgan fingerprint density at radius 1 is 1.13 bits per heavy atom. The topological polar surface area (TPSA) is 94.8 Å². The van der Waals surface area contributed by atoms with Crippen molar-refractivity contribution in [3.8, 4) is 11.1 Å². The number of hydrazone groups is 1. The summed E-state index contributed by atoms with van der Waals surface area (Å²) in [7, 11) is 0. The van der Waals surface area contributed by atoms with Gasteiger partial charge in [0.15, 0.2) is 0 Å². The fraction of sp³-hybridized carbons (Fsp3) is 0.348. The molecule has 8 heteroatoms. The molecule has 1 aliphatic heterocycles. The summed E-state index contributed by atoms with van der Waals surface area (Å²) in [6.07, 6.45) is 6.83. The summed E-state index contributed by atoms with van der Waals surface area (Å²) in [4.78, 5) is 16.0. The second-order valence-electron chi connectivity index (χ2n) is 7.69. The van der Waals surface area contributed by atoms with Crippen molar-refractivity contribution < 1.29 is 9.90 Å². The molecule has 0 saturated heterocycles. The first-order valence-corrected chi connectivity index (χ1v) is 10.8. The van der Waals surface area contributed by atoms with E-state index in [1.54, 1.807) is 6.34 Å². The Kier molecular flexibility index (Phi) is 6.47. The van der Waals surface area contributed by atoms with E-state index in [-0.39, 0.29) is 6.42 Å². The summed E-state index contributed by atoms with van der Waals surface area (Å²) in [5, 5.41) is 15.0. The number of para-hydroxylation sites is 1. The summed E-state index contributed by atoms with van der Waals surface area (Å²) in [6.45, 7) is 3.06. The van der Waals surface area contributed by atoms with E-state index < -0.39 is 5.97 Å². The number of nitrogens with one attached hydrogen (secondary N) is 2. The minimum atomic E-state index is -0.799. The van der Waals surface area contributed by atoms with E-state index in [2.05, 4.69) is 51.9 Å². The monoisotopic (exact) mass is 420 g/mol. The average molecular weight is 421 g/mol. The van der Waals surface area contributed by atoms with E-state index in [0.29, 0.717) is 6.42 Å². The average Bonchev–Trinajstić information content (AvgIpc) is 3.43. The van der Waals surface area contributed by atoms with Crippen LogP contribution in [0.3, 0.4) is 0 Å². The van der Waals surface area contributed by atoms with Crippen LogP contribution in [0.2, 0.25) is 0 Å². The van der Waals surface area contributed by atoms with E-state index >= 15 is 0 Å². The molecule has 0 unspecified atom stereocenters. The van der Waals surface area contributed by atoms with Crippen molar-refractivity contribution in [3.63, 3.8) is 0 Å². The molecule has 8 nitrogen and oxygen atoms in total. The van der Waals surface area contributed by atoms with E-state index in [0.717, 1.165) is 46.6 Å². The molecule has 0 bridgehead atoms. The van der Waals surface area contributed by atoms with Crippen LogP contribution in [0.25, 0.3) is 22.2 Å². The number of carboxylic acid groups (broad SMARTS) is 1. The first-order chi connectivity index (χ1) is 15.2. The van der Waals surface area contributed by atoms with Gasteiger partial charge in [-0.05, 0) is 30.2 Å². The van der Waals surface area contributed by atoms with Gasteiger partial charge in [-0.1, -0.05) is 50.5 Å². The molecule has 1 aromatic heterocycles. The van der Waals surface area contributed by atoms with Crippen molar-refractivity contribution in [2.24, 2.45) is 5.10 Å². The molecule has 0 aliphatic carbocycles. The number of carbonyl (C=O) groups is 1. The van der Waals surface area contributed by atoms with Gasteiger partial charge in [0.25, 0.3) is 0 Å². The van der Waals surface area contributed by atoms with Gasteiger partial charge in [0, 0.05) is 18.5 Å². The lowest BCUT2D eigenvalue weighted by Gasteiger charge is -2.18. The lowest BCUT2D eigenvalue weighted by atomic mass is 10.0. The second-order valence-corrected chi connectivity index (χ2v) is 7.69. The molecule has 0 amide bonds. The molecule has 3 aromatic rings. The van der Waals surface area contributed by atoms with Crippen molar-refractivity contribution >= 4 is 29.0 Å². The number of fused-ring (bicyclic) bond motifs is 1. The molecule has 0 atom stereocenters. The van der Waals surface area contributed by atoms with E-state index in [9.17, 15) is 4.79 Å². The van der Waals surface area contributed by atoms with Gasteiger partial charge in [0.05, 0.1) is 23.1 Å². The Bertz CT molecular complexity index is 1090. The number of benzene rings is 2. The van der Waals surface area contributed by atoms with E-state index in [1.165, 1.54) is 19.3 Å². The van der Waals surface area contributed by atoms with Gasteiger partial charge >= 0.3 is 5.97 Å². The minimum Gasteiger partial charge on any atom is -0.481 e. The van der Waals surface area contributed by atoms with Crippen LogP contribution in [0.4, 0.5) is 5.69 Å². The Balaban J connectivity index is 1.69. The number of nitrogens with zero attached hydrogens (tertiary/aromatic N) is 4. The Morgan fingerprint density at radius 3 is 2.77 bits per heavy atom. The van der Waals surface area contributed by atoms with Crippen molar-refractivity contribution in [1.29, 1.82) is 0 Å².